The number of amidine groups is 1. The summed E-state index contributed by atoms with van der Waals surface area (Å²) in [6, 6.07) is 1.64. The molecule has 1 aliphatic rings. The number of nitrogens with two attached hydrogens (primary N) is 1. The molecule has 2 rings (SSSR count). The molecule has 1 aromatic rings. The van der Waals surface area contributed by atoms with Gasteiger partial charge >= 0.3 is 6.09 Å². The highest BCUT2D eigenvalue weighted by molar-refractivity contribution is 5.93. The Bertz CT molecular complexity index is 598. The van der Waals surface area contributed by atoms with Crippen LogP contribution in [0, 0.1) is 5.41 Å². The molecule has 0 unspecified atom stereocenters. The summed E-state index contributed by atoms with van der Waals surface area (Å²) in [5.74, 6) is 0.433. The summed E-state index contributed by atoms with van der Waals surface area (Å²) >= 11 is 0. The zero-order valence-corrected chi connectivity index (χ0v) is 14.0. The van der Waals surface area contributed by atoms with Crippen LogP contribution in [0.4, 0.5) is 10.7 Å². The number of carbonyl (C=O) groups excluding carboxylic acids is 1. The summed E-state index contributed by atoms with van der Waals surface area (Å²) in [4.78, 5) is 24.4. The van der Waals surface area contributed by atoms with Crippen molar-refractivity contribution in [1.82, 2.24) is 14.9 Å². The van der Waals surface area contributed by atoms with Gasteiger partial charge < -0.3 is 20.3 Å². The van der Waals surface area contributed by atoms with E-state index in [1.165, 1.54) is 0 Å². The largest absolute Gasteiger partial charge is 0.444 e. The molecule has 1 saturated heterocycles. The fraction of sp³-hybridized carbons (Fsp3) is 0.600. The molecule has 1 aliphatic heterocycles. The molecule has 8 heteroatoms. The quantitative estimate of drug-likeness (QED) is 0.626. The van der Waals surface area contributed by atoms with Gasteiger partial charge in [0.05, 0.1) is 0 Å². The third-order valence-corrected chi connectivity index (χ3v) is 3.45. The van der Waals surface area contributed by atoms with E-state index in [1.807, 2.05) is 32.6 Å². The molecule has 0 spiro atoms. The molecule has 23 heavy (non-hydrogen) atoms. The molecule has 0 bridgehead atoms. The normalized spacial score (nSPS) is 18.7. The van der Waals surface area contributed by atoms with Crippen molar-refractivity contribution in [3.8, 4) is 0 Å². The lowest BCUT2D eigenvalue weighted by atomic mass is 10.2. The summed E-state index contributed by atoms with van der Waals surface area (Å²) in [6.07, 6.45) is 1.29. The number of nitrogen functional groups attached to an aromatic ring is 1. The molecule has 8 nitrogen and oxygen atoms in total. The molecule has 0 saturated carbocycles. The average molecular weight is 320 g/mol. The van der Waals surface area contributed by atoms with Crippen molar-refractivity contribution in [2.24, 2.45) is 5.73 Å². The van der Waals surface area contributed by atoms with E-state index in [-0.39, 0.29) is 18.0 Å². The maximum Gasteiger partial charge on any atom is 0.410 e. The lowest BCUT2D eigenvalue weighted by molar-refractivity contribution is 0.0218. The number of nitrogens with zero attached hydrogens (tertiary/aromatic N) is 4. The van der Waals surface area contributed by atoms with Gasteiger partial charge in [-0.25, -0.2) is 14.8 Å². The summed E-state index contributed by atoms with van der Waals surface area (Å²) in [7, 11) is 0. The van der Waals surface area contributed by atoms with E-state index >= 15 is 0 Å². The summed E-state index contributed by atoms with van der Waals surface area (Å²) in [6.45, 7) is 9.22. The lowest BCUT2D eigenvalue weighted by Crippen LogP contribution is -2.55. The van der Waals surface area contributed by atoms with Crippen LogP contribution in [0.15, 0.2) is 12.3 Å². The van der Waals surface area contributed by atoms with E-state index in [2.05, 4.69) is 9.97 Å². The van der Waals surface area contributed by atoms with Crippen LogP contribution in [-0.4, -0.2) is 58.1 Å². The smallest absolute Gasteiger partial charge is 0.410 e. The van der Waals surface area contributed by atoms with E-state index < -0.39 is 5.60 Å². The second-order valence-electron chi connectivity index (χ2n) is 6.62. The first-order valence-corrected chi connectivity index (χ1v) is 7.59. The molecule has 3 N–H and O–H groups in total. The molecule has 2 heterocycles. The Hall–Kier alpha value is -2.38. The highest BCUT2D eigenvalue weighted by Crippen LogP contribution is 2.18. The van der Waals surface area contributed by atoms with Gasteiger partial charge in [0.2, 0.25) is 5.95 Å². The van der Waals surface area contributed by atoms with Gasteiger partial charge in [-0.3, -0.25) is 5.41 Å². The number of hydrogen-bond donors (Lipinski definition) is 2. The molecule has 0 aliphatic carbocycles. The molecular weight excluding hydrogens is 296 g/mol. The summed E-state index contributed by atoms with van der Waals surface area (Å²) in [5, 5.41) is 7.47. The predicted molar refractivity (Wildman–Crippen MR) is 87.7 cm³/mol. The van der Waals surface area contributed by atoms with Gasteiger partial charge in [-0.1, -0.05) is 0 Å². The monoisotopic (exact) mass is 320 g/mol. The number of amides is 1. The lowest BCUT2D eigenvalue weighted by Gasteiger charge is -2.40. The minimum absolute atomic E-state index is 0.0403. The van der Waals surface area contributed by atoms with E-state index in [1.54, 1.807) is 17.2 Å². The Kier molecular flexibility index (Phi) is 4.72. The predicted octanol–water partition coefficient (Wildman–Crippen LogP) is 1.21. The maximum absolute atomic E-state index is 12.2. The summed E-state index contributed by atoms with van der Waals surface area (Å²) in [5.41, 5.74) is 5.37. The molecule has 1 atom stereocenters. The zero-order valence-electron chi connectivity index (χ0n) is 14.0. The van der Waals surface area contributed by atoms with Crippen LogP contribution in [0.5, 0.6) is 0 Å². The number of ether oxygens (including phenoxy) is 1. The number of piperazine rings is 1. The van der Waals surface area contributed by atoms with Crippen LogP contribution in [0.1, 0.15) is 33.4 Å². The minimum Gasteiger partial charge on any atom is -0.444 e. The van der Waals surface area contributed by atoms with E-state index in [0.29, 0.717) is 31.3 Å². The number of hydrogen-bond acceptors (Lipinski definition) is 6. The molecule has 1 amide bonds. The van der Waals surface area contributed by atoms with Crippen LogP contribution in [0.3, 0.4) is 0 Å². The maximum atomic E-state index is 12.2. The van der Waals surface area contributed by atoms with Crippen molar-refractivity contribution in [3.63, 3.8) is 0 Å². The van der Waals surface area contributed by atoms with Crippen LogP contribution in [0.2, 0.25) is 0 Å². The van der Waals surface area contributed by atoms with Crippen molar-refractivity contribution in [2.75, 3.05) is 24.5 Å². The number of rotatable bonds is 2. The van der Waals surface area contributed by atoms with Crippen LogP contribution in [-0.2, 0) is 4.74 Å². The number of nitrogens with one attached hydrogen (secondary N) is 1. The topological polar surface area (TPSA) is 108 Å². The van der Waals surface area contributed by atoms with Crippen molar-refractivity contribution < 1.29 is 9.53 Å². The molecule has 1 fully saturated rings. The van der Waals surface area contributed by atoms with Gasteiger partial charge in [0.15, 0.2) is 0 Å². The second-order valence-corrected chi connectivity index (χ2v) is 6.62. The Morgan fingerprint density at radius 1 is 1.43 bits per heavy atom. The van der Waals surface area contributed by atoms with Crippen LogP contribution in [0.25, 0.3) is 0 Å². The number of anilines is 1. The Balaban J connectivity index is 2.06. The van der Waals surface area contributed by atoms with E-state index in [9.17, 15) is 4.79 Å². The fourth-order valence-electron chi connectivity index (χ4n) is 2.38. The first-order chi connectivity index (χ1) is 10.7. The van der Waals surface area contributed by atoms with Crippen molar-refractivity contribution in [3.05, 3.63) is 18.0 Å². The van der Waals surface area contributed by atoms with Crippen molar-refractivity contribution >= 4 is 17.9 Å². The third kappa shape index (κ3) is 4.30. The average Bonchev–Trinajstić information content (AvgIpc) is 2.45. The van der Waals surface area contributed by atoms with Gasteiger partial charge in [-0.15, -0.1) is 0 Å². The van der Waals surface area contributed by atoms with Gasteiger partial charge in [0.1, 0.15) is 17.1 Å². The van der Waals surface area contributed by atoms with Gasteiger partial charge in [-0.2, -0.15) is 0 Å². The van der Waals surface area contributed by atoms with Crippen LogP contribution >= 0.6 is 0 Å². The minimum atomic E-state index is -0.504. The van der Waals surface area contributed by atoms with Crippen LogP contribution < -0.4 is 10.6 Å². The Labute approximate surface area is 136 Å². The van der Waals surface area contributed by atoms with Crippen molar-refractivity contribution in [2.45, 2.75) is 39.3 Å². The zero-order chi connectivity index (χ0) is 17.2. The third-order valence-electron chi connectivity index (χ3n) is 3.45. The van der Waals surface area contributed by atoms with Gasteiger partial charge in [0.25, 0.3) is 0 Å². The first kappa shape index (κ1) is 17.0. The highest BCUT2D eigenvalue weighted by atomic mass is 16.6. The number of carbonyl (C=O) groups is 1. The SMILES string of the molecule is C[C@H]1CN(C(=O)OC(C)(C)C)CCN1c1nccc(C(=N)N)n1. The van der Waals surface area contributed by atoms with Gasteiger partial charge in [0, 0.05) is 31.9 Å². The first-order valence-electron chi connectivity index (χ1n) is 7.59. The standard InChI is InChI=1S/C15H24N6O2/c1-10-9-20(14(22)23-15(2,3)4)7-8-21(10)13-18-6-5-11(19-13)12(16)17/h5-6,10H,7-9H2,1-4H3,(H3,16,17)/t10-/m0/s1. The molecular formula is C15H24N6O2. The highest BCUT2D eigenvalue weighted by Gasteiger charge is 2.31. The molecule has 126 valence electrons. The van der Waals surface area contributed by atoms with Crippen molar-refractivity contribution in [1.29, 1.82) is 5.41 Å². The molecule has 0 aromatic carbocycles. The number of aromatic nitrogens is 2. The molecule has 0 radical (unpaired) electrons. The van der Waals surface area contributed by atoms with E-state index in [0.717, 1.165) is 0 Å². The molecule has 1 aromatic heterocycles. The fourth-order valence-corrected chi connectivity index (χ4v) is 2.38. The summed E-state index contributed by atoms with van der Waals surface area (Å²) < 4.78 is 5.41. The van der Waals surface area contributed by atoms with Gasteiger partial charge in [-0.05, 0) is 33.8 Å². The Morgan fingerprint density at radius 2 is 2.13 bits per heavy atom. The second kappa shape index (κ2) is 6.39. The van der Waals surface area contributed by atoms with E-state index in [4.69, 9.17) is 15.9 Å². The Morgan fingerprint density at radius 3 is 2.70 bits per heavy atom.